The van der Waals surface area contributed by atoms with E-state index in [2.05, 4.69) is 0 Å². The van der Waals surface area contributed by atoms with E-state index in [1.54, 1.807) is 9.80 Å². The van der Waals surface area contributed by atoms with Crippen molar-refractivity contribution in [3.05, 3.63) is 59.7 Å². The van der Waals surface area contributed by atoms with Crippen LogP contribution in [0.15, 0.2) is 48.5 Å². The maximum Gasteiger partial charge on any atom is 0.319 e. The first-order valence-electron chi connectivity index (χ1n) is 12.5. The summed E-state index contributed by atoms with van der Waals surface area (Å²) in [6, 6.07) is 14.8. The van der Waals surface area contributed by atoms with Gasteiger partial charge in [0.05, 0.1) is 12.2 Å². The highest BCUT2D eigenvalue weighted by Crippen LogP contribution is 2.30. The fourth-order valence-electron chi connectivity index (χ4n) is 5.45. The molecule has 2 aromatic rings. The van der Waals surface area contributed by atoms with Crippen molar-refractivity contribution >= 4 is 23.4 Å². The van der Waals surface area contributed by atoms with Gasteiger partial charge in [0.25, 0.3) is 0 Å². The molecule has 2 saturated carbocycles. The first-order valence-corrected chi connectivity index (χ1v) is 12.5. The van der Waals surface area contributed by atoms with Gasteiger partial charge < -0.3 is 21.7 Å². The minimum absolute atomic E-state index is 0.00919. The van der Waals surface area contributed by atoms with Crippen LogP contribution >= 0.6 is 0 Å². The van der Waals surface area contributed by atoms with Gasteiger partial charge in [-0.15, -0.1) is 0 Å². The predicted octanol–water partition coefficient (Wildman–Crippen LogP) is 3.65. The summed E-state index contributed by atoms with van der Waals surface area (Å²) in [6.07, 6.45) is 5.79. The highest BCUT2D eigenvalue weighted by molar-refractivity contribution is 5.92. The fraction of sp³-hybridized carbons (Fsp3) is 0.481. The van der Waals surface area contributed by atoms with Gasteiger partial charge in [-0.3, -0.25) is 9.80 Å². The van der Waals surface area contributed by atoms with Crippen molar-refractivity contribution in [3.8, 4) is 0 Å². The van der Waals surface area contributed by atoms with Crippen LogP contribution in [0.4, 0.5) is 21.0 Å². The second kappa shape index (κ2) is 11.1. The third-order valence-electron chi connectivity index (χ3n) is 7.37. The summed E-state index contributed by atoms with van der Waals surface area (Å²) in [6.45, 7) is 0. The number of rotatable bonds is 6. The molecule has 4 amide bonds. The summed E-state index contributed by atoms with van der Waals surface area (Å²) in [7, 11) is 0. The summed E-state index contributed by atoms with van der Waals surface area (Å²) >= 11 is 0. The number of nitrogens with zero attached hydrogens (tertiary/aromatic N) is 2. The molecular weight excluding hydrogens is 444 g/mol. The van der Waals surface area contributed by atoms with Crippen molar-refractivity contribution < 1.29 is 19.8 Å². The number of benzene rings is 2. The number of amides is 4. The third-order valence-corrected chi connectivity index (χ3v) is 7.37. The van der Waals surface area contributed by atoms with Gasteiger partial charge in [-0.25, -0.2) is 9.59 Å². The molecule has 0 saturated heterocycles. The van der Waals surface area contributed by atoms with Gasteiger partial charge in [0.2, 0.25) is 0 Å². The van der Waals surface area contributed by atoms with E-state index >= 15 is 0 Å². The molecule has 0 spiro atoms. The van der Waals surface area contributed by atoms with Crippen molar-refractivity contribution in [2.45, 2.75) is 82.1 Å². The summed E-state index contributed by atoms with van der Waals surface area (Å²) < 4.78 is 0. The molecule has 0 atom stereocenters. The molecule has 0 heterocycles. The lowest BCUT2D eigenvalue weighted by Crippen LogP contribution is -2.46. The number of anilines is 2. The lowest BCUT2D eigenvalue weighted by Gasteiger charge is -2.34. The second-order valence-electron chi connectivity index (χ2n) is 9.85. The zero-order valence-electron chi connectivity index (χ0n) is 20.1. The first kappa shape index (κ1) is 25.0. The summed E-state index contributed by atoms with van der Waals surface area (Å²) in [4.78, 5) is 27.6. The fourth-order valence-corrected chi connectivity index (χ4v) is 5.45. The van der Waals surface area contributed by atoms with E-state index in [9.17, 15) is 19.8 Å². The predicted molar refractivity (Wildman–Crippen MR) is 136 cm³/mol. The molecule has 0 bridgehead atoms. The lowest BCUT2D eigenvalue weighted by atomic mass is 9.91. The molecule has 2 aromatic carbocycles. The van der Waals surface area contributed by atoms with Gasteiger partial charge >= 0.3 is 12.1 Å². The Morgan fingerprint density at radius 1 is 0.629 bits per heavy atom. The second-order valence-corrected chi connectivity index (χ2v) is 9.85. The Hall–Kier alpha value is -3.10. The lowest BCUT2D eigenvalue weighted by molar-refractivity contribution is 0.122. The van der Waals surface area contributed by atoms with Gasteiger partial charge in [0.15, 0.2) is 0 Å². The van der Waals surface area contributed by atoms with Crippen LogP contribution in [0.2, 0.25) is 0 Å². The molecule has 8 heteroatoms. The van der Waals surface area contributed by atoms with Crippen molar-refractivity contribution in [1.82, 2.24) is 0 Å². The van der Waals surface area contributed by atoms with Crippen LogP contribution in [0, 0.1) is 0 Å². The van der Waals surface area contributed by atoms with Crippen LogP contribution < -0.4 is 21.3 Å². The highest BCUT2D eigenvalue weighted by Gasteiger charge is 2.29. The molecule has 6 N–H and O–H groups in total. The van der Waals surface area contributed by atoms with E-state index in [1.807, 2.05) is 48.5 Å². The van der Waals surface area contributed by atoms with E-state index in [0.717, 1.165) is 48.2 Å². The number of carbonyl (C=O) groups is 2. The number of hydrogen-bond acceptors (Lipinski definition) is 4. The number of urea groups is 2. The Morgan fingerprint density at radius 3 is 1.23 bits per heavy atom. The van der Waals surface area contributed by atoms with E-state index in [4.69, 9.17) is 11.5 Å². The molecule has 0 aromatic heterocycles. The van der Waals surface area contributed by atoms with Gasteiger partial charge in [0.1, 0.15) is 0 Å². The average molecular weight is 481 g/mol. The van der Waals surface area contributed by atoms with Gasteiger partial charge in [-0.1, -0.05) is 24.3 Å². The van der Waals surface area contributed by atoms with E-state index in [1.165, 1.54) is 0 Å². The van der Waals surface area contributed by atoms with E-state index < -0.39 is 12.1 Å². The van der Waals surface area contributed by atoms with E-state index in [-0.39, 0.29) is 24.3 Å². The molecule has 0 radical (unpaired) electrons. The molecule has 0 aliphatic heterocycles. The number of aliphatic hydroxyl groups is 2. The van der Waals surface area contributed by atoms with Crippen molar-refractivity contribution in [3.63, 3.8) is 0 Å². The zero-order chi connectivity index (χ0) is 24.9. The summed E-state index contributed by atoms with van der Waals surface area (Å²) in [5.41, 5.74) is 15.1. The standard InChI is InChI=1S/C27H36N4O4/c28-26(34)30(22-9-13-24(32)14-10-22)20-5-1-18(2-6-20)17-19-3-7-21(8-4-19)31(27(29)35)23-11-15-25(33)16-12-23/h1-8,22-25,32-33H,9-17H2,(H2,28,34)(H2,29,35). The molecule has 2 aliphatic rings. The number of aliphatic hydroxyl groups excluding tert-OH is 2. The average Bonchev–Trinajstić information content (AvgIpc) is 2.84. The summed E-state index contributed by atoms with van der Waals surface area (Å²) in [5.74, 6) is 0. The Morgan fingerprint density at radius 2 is 0.943 bits per heavy atom. The number of carbonyl (C=O) groups excluding carboxylic acids is 2. The topological polar surface area (TPSA) is 133 Å². The van der Waals surface area contributed by atoms with Crippen LogP contribution in [-0.4, -0.2) is 46.6 Å². The Kier molecular flexibility index (Phi) is 7.93. The Balaban J connectivity index is 1.42. The van der Waals surface area contributed by atoms with Crippen molar-refractivity contribution in [2.75, 3.05) is 9.80 Å². The summed E-state index contributed by atoms with van der Waals surface area (Å²) in [5, 5.41) is 19.6. The SMILES string of the molecule is NC(=O)N(c1ccc(Cc2ccc(N(C(N)=O)C3CCC(O)CC3)cc2)cc1)C1CCC(O)CC1. The van der Waals surface area contributed by atoms with E-state index in [0.29, 0.717) is 32.1 Å². The van der Waals surface area contributed by atoms with Crippen LogP contribution in [0.5, 0.6) is 0 Å². The van der Waals surface area contributed by atoms with Crippen LogP contribution in [0.3, 0.4) is 0 Å². The zero-order valence-corrected chi connectivity index (χ0v) is 20.1. The largest absolute Gasteiger partial charge is 0.393 e. The number of hydrogen-bond donors (Lipinski definition) is 4. The quantitative estimate of drug-likeness (QED) is 0.502. The Labute approximate surface area is 206 Å². The van der Waals surface area contributed by atoms with Crippen molar-refractivity contribution in [1.29, 1.82) is 0 Å². The molecule has 188 valence electrons. The molecule has 35 heavy (non-hydrogen) atoms. The number of nitrogens with two attached hydrogens (primary N) is 2. The van der Waals surface area contributed by atoms with Gasteiger partial charge in [-0.05, 0) is 93.2 Å². The molecule has 2 fully saturated rings. The van der Waals surface area contributed by atoms with Gasteiger partial charge in [0, 0.05) is 23.5 Å². The maximum atomic E-state index is 12.2. The minimum atomic E-state index is -0.471. The maximum absolute atomic E-state index is 12.2. The third kappa shape index (κ3) is 6.13. The Bertz CT molecular complexity index is 913. The van der Waals surface area contributed by atoms with Crippen LogP contribution in [-0.2, 0) is 6.42 Å². The van der Waals surface area contributed by atoms with Crippen molar-refractivity contribution in [2.24, 2.45) is 11.5 Å². The first-order chi connectivity index (χ1) is 16.8. The van der Waals surface area contributed by atoms with Gasteiger partial charge in [-0.2, -0.15) is 0 Å². The smallest absolute Gasteiger partial charge is 0.319 e. The molecule has 8 nitrogen and oxygen atoms in total. The molecule has 2 aliphatic carbocycles. The minimum Gasteiger partial charge on any atom is -0.393 e. The highest BCUT2D eigenvalue weighted by atomic mass is 16.3. The normalized spacial score (nSPS) is 24.5. The monoisotopic (exact) mass is 480 g/mol. The molecular formula is C27H36N4O4. The molecule has 0 unspecified atom stereocenters. The molecule has 4 rings (SSSR count). The van der Waals surface area contributed by atoms with Crippen LogP contribution in [0.25, 0.3) is 0 Å². The number of primary amides is 2. The van der Waals surface area contributed by atoms with Crippen LogP contribution in [0.1, 0.15) is 62.5 Å².